The summed E-state index contributed by atoms with van der Waals surface area (Å²) in [5.74, 6) is 0.165. The molecule has 5 nitrogen and oxygen atoms in total. The average Bonchev–Trinajstić information content (AvgIpc) is 2.91. The highest BCUT2D eigenvalue weighted by atomic mass is 16.5. The lowest BCUT2D eigenvalue weighted by molar-refractivity contribution is -0.112. The van der Waals surface area contributed by atoms with Crippen LogP contribution in [-0.2, 0) is 4.79 Å². The van der Waals surface area contributed by atoms with Crippen LogP contribution in [0.2, 0.25) is 0 Å². The number of benzene rings is 1. The van der Waals surface area contributed by atoms with Gasteiger partial charge in [0.2, 0.25) is 5.91 Å². The Balaban J connectivity index is 2.04. The Morgan fingerprint density at radius 3 is 2.67 bits per heavy atom. The molecule has 1 unspecified atom stereocenters. The monoisotopic (exact) mass is 241 g/mol. The molecule has 5 heteroatoms. The maximum Gasteiger partial charge on any atom is 0.249 e. The summed E-state index contributed by atoms with van der Waals surface area (Å²) in [6, 6.07) is 7.30. The van der Waals surface area contributed by atoms with Gasteiger partial charge in [0.05, 0.1) is 0 Å². The summed E-state index contributed by atoms with van der Waals surface area (Å²) >= 11 is 0. The Bertz CT molecular complexity index is 578. The van der Waals surface area contributed by atoms with Crippen molar-refractivity contribution >= 4 is 23.9 Å². The smallest absolute Gasteiger partial charge is 0.249 e. The third kappa shape index (κ3) is 1.69. The molecule has 0 saturated carbocycles. The highest BCUT2D eigenvalue weighted by Gasteiger charge is 2.29. The number of carbonyl (C=O) groups excluding carboxylic acids is 1. The van der Waals surface area contributed by atoms with Crippen LogP contribution in [0.25, 0.3) is 5.57 Å². The fourth-order valence-electron chi connectivity index (χ4n) is 2.05. The maximum atomic E-state index is 11.5. The highest BCUT2D eigenvalue weighted by molar-refractivity contribution is 6.20. The highest BCUT2D eigenvalue weighted by Crippen LogP contribution is 2.33. The lowest BCUT2D eigenvalue weighted by Gasteiger charge is -2.25. The standard InChI is InChI=1S/C13H11N3O2/c14-12(17)9-7-11(13-15-5-6-16-13)18-10-4-2-1-3-8(9)10/h1-7,11,13H,(H2,14,17). The van der Waals surface area contributed by atoms with Crippen molar-refractivity contribution in [1.82, 2.24) is 0 Å². The van der Waals surface area contributed by atoms with Gasteiger partial charge in [0, 0.05) is 23.6 Å². The van der Waals surface area contributed by atoms with Crippen LogP contribution in [0.4, 0.5) is 0 Å². The number of hydrogen-bond acceptors (Lipinski definition) is 4. The van der Waals surface area contributed by atoms with Gasteiger partial charge in [-0.25, -0.2) is 0 Å². The van der Waals surface area contributed by atoms with E-state index in [1.54, 1.807) is 24.6 Å². The van der Waals surface area contributed by atoms with E-state index in [9.17, 15) is 4.79 Å². The summed E-state index contributed by atoms with van der Waals surface area (Å²) < 4.78 is 5.78. The third-order valence-electron chi connectivity index (χ3n) is 2.87. The molecule has 2 N–H and O–H groups in total. The first-order valence-corrected chi connectivity index (χ1v) is 5.58. The molecular weight excluding hydrogens is 230 g/mol. The molecule has 1 aromatic rings. The molecule has 2 aliphatic heterocycles. The topological polar surface area (TPSA) is 77.0 Å². The number of nitrogens with zero attached hydrogens (tertiary/aromatic N) is 2. The fourth-order valence-corrected chi connectivity index (χ4v) is 2.05. The summed E-state index contributed by atoms with van der Waals surface area (Å²) in [5.41, 5.74) is 6.58. The van der Waals surface area contributed by atoms with Crippen LogP contribution in [0.5, 0.6) is 5.75 Å². The lowest BCUT2D eigenvalue weighted by Crippen LogP contribution is -2.31. The Labute approximate surface area is 104 Å². The zero-order valence-corrected chi connectivity index (χ0v) is 9.48. The van der Waals surface area contributed by atoms with E-state index in [2.05, 4.69) is 9.98 Å². The molecule has 0 fully saturated rings. The van der Waals surface area contributed by atoms with Gasteiger partial charge in [-0.15, -0.1) is 0 Å². The molecule has 90 valence electrons. The predicted molar refractivity (Wildman–Crippen MR) is 68.8 cm³/mol. The van der Waals surface area contributed by atoms with Gasteiger partial charge in [-0.05, 0) is 12.1 Å². The van der Waals surface area contributed by atoms with Crippen molar-refractivity contribution in [3.63, 3.8) is 0 Å². The van der Waals surface area contributed by atoms with E-state index in [1.165, 1.54) is 0 Å². The zero-order chi connectivity index (χ0) is 12.5. The van der Waals surface area contributed by atoms with Gasteiger partial charge in [-0.3, -0.25) is 14.8 Å². The number of aliphatic imine (C=N–C) groups is 2. The first-order chi connectivity index (χ1) is 8.75. The minimum absolute atomic E-state index is 0.340. The first kappa shape index (κ1) is 10.7. The van der Waals surface area contributed by atoms with Crippen molar-refractivity contribution in [2.45, 2.75) is 12.3 Å². The number of primary amides is 1. The van der Waals surface area contributed by atoms with Gasteiger partial charge >= 0.3 is 0 Å². The molecule has 0 radical (unpaired) electrons. The van der Waals surface area contributed by atoms with Gasteiger partial charge in [-0.1, -0.05) is 18.2 Å². The molecule has 1 amide bonds. The summed E-state index contributed by atoms with van der Waals surface area (Å²) in [7, 11) is 0. The van der Waals surface area contributed by atoms with Crippen LogP contribution in [0.3, 0.4) is 0 Å². The Morgan fingerprint density at radius 1 is 1.22 bits per heavy atom. The summed E-state index contributed by atoms with van der Waals surface area (Å²) in [4.78, 5) is 19.8. The van der Waals surface area contributed by atoms with Gasteiger partial charge in [0.1, 0.15) is 5.75 Å². The average molecular weight is 241 g/mol. The van der Waals surface area contributed by atoms with Crippen LogP contribution >= 0.6 is 0 Å². The van der Waals surface area contributed by atoms with Crippen molar-refractivity contribution in [3.05, 3.63) is 35.9 Å². The molecule has 0 spiro atoms. The van der Waals surface area contributed by atoms with Crippen molar-refractivity contribution in [1.29, 1.82) is 0 Å². The van der Waals surface area contributed by atoms with E-state index < -0.39 is 12.0 Å². The minimum Gasteiger partial charge on any atom is -0.481 e. The number of fused-ring (bicyclic) bond motifs is 1. The number of amides is 1. The number of carbonyl (C=O) groups is 1. The number of ether oxygens (including phenoxy) is 1. The Morgan fingerprint density at radius 2 is 1.94 bits per heavy atom. The molecular formula is C13H11N3O2. The second kappa shape index (κ2) is 4.10. The van der Waals surface area contributed by atoms with E-state index >= 15 is 0 Å². The molecule has 0 aromatic heterocycles. The predicted octanol–water partition coefficient (Wildman–Crippen LogP) is 0.798. The van der Waals surface area contributed by atoms with Crippen LogP contribution in [0.1, 0.15) is 5.56 Å². The van der Waals surface area contributed by atoms with Crippen molar-refractivity contribution in [3.8, 4) is 5.75 Å². The van der Waals surface area contributed by atoms with Crippen LogP contribution in [0.15, 0.2) is 40.3 Å². The van der Waals surface area contributed by atoms with Crippen LogP contribution in [0, 0.1) is 0 Å². The first-order valence-electron chi connectivity index (χ1n) is 5.58. The normalized spacial score (nSPS) is 21.3. The molecule has 2 heterocycles. The molecule has 2 aliphatic rings. The van der Waals surface area contributed by atoms with E-state index in [1.807, 2.05) is 18.2 Å². The molecule has 1 atom stereocenters. The number of nitrogens with two attached hydrogens (primary N) is 1. The largest absolute Gasteiger partial charge is 0.481 e. The summed E-state index contributed by atoms with van der Waals surface area (Å²) in [6.45, 7) is 0. The third-order valence-corrected chi connectivity index (χ3v) is 2.87. The van der Waals surface area contributed by atoms with E-state index in [0.717, 1.165) is 0 Å². The van der Waals surface area contributed by atoms with Gasteiger partial charge in [-0.2, -0.15) is 0 Å². The second-order valence-corrected chi connectivity index (χ2v) is 4.03. The SMILES string of the molecule is NC(=O)C1=CC(C2N=CC=N2)Oc2ccccc21. The van der Waals surface area contributed by atoms with Crippen LogP contribution < -0.4 is 10.5 Å². The molecule has 1 aromatic carbocycles. The molecule has 0 saturated heterocycles. The van der Waals surface area contributed by atoms with Crippen molar-refractivity contribution in [2.24, 2.45) is 15.7 Å². The quantitative estimate of drug-likeness (QED) is 0.831. The summed E-state index contributed by atoms with van der Waals surface area (Å²) in [5, 5.41) is 0. The van der Waals surface area contributed by atoms with E-state index in [4.69, 9.17) is 10.5 Å². The van der Waals surface area contributed by atoms with E-state index in [0.29, 0.717) is 16.9 Å². The fraction of sp³-hybridized carbons (Fsp3) is 0.154. The molecule has 0 bridgehead atoms. The van der Waals surface area contributed by atoms with Crippen LogP contribution in [-0.4, -0.2) is 30.6 Å². The molecule has 18 heavy (non-hydrogen) atoms. The Kier molecular flexibility index (Phi) is 2.44. The van der Waals surface area contributed by atoms with Crippen molar-refractivity contribution in [2.75, 3.05) is 0 Å². The number of para-hydroxylation sites is 1. The molecule has 3 rings (SSSR count). The second-order valence-electron chi connectivity index (χ2n) is 4.03. The van der Waals surface area contributed by atoms with Crippen molar-refractivity contribution < 1.29 is 9.53 Å². The molecule has 0 aliphatic carbocycles. The minimum atomic E-state index is -0.471. The maximum absolute atomic E-state index is 11.5. The van der Waals surface area contributed by atoms with E-state index in [-0.39, 0.29) is 6.17 Å². The number of hydrogen-bond donors (Lipinski definition) is 1. The number of rotatable bonds is 2. The lowest BCUT2D eigenvalue weighted by atomic mass is 9.99. The van der Waals surface area contributed by atoms with Gasteiger partial charge in [0.15, 0.2) is 12.3 Å². The van der Waals surface area contributed by atoms with Gasteiger partial charge in [0.25, 0.3) is 0 Å². The summed E-state index contributed by atoms with van der Waals surface area (Å²) in [6.07, 6.45) is 4.19. The van der Waals surface area contributed by atoms with Gasteiger partial charge < -0.3 is 10.5 Å². The zero-order valence-electron chi connectivity index (χ0n) is 9.48. The Hall–Kier alpha value is -2.43.